The third-order valence-corrected chi connectivity index (χ3v) is 5.21. The molecular weight excluding hydrogens is 264 g/mol. The summed E-state index contributed by atoms with van der Waals surface area (Å²) in [7, 11) is 1.75. The van der Waals surface area contributed by atoms with Crippen LogP contribution < -0.4 is 0 Å². The molecule has 1 aromatic carbocycles. The van der Waals surface area contributed by atoms with E-state index >= 15 is 0 Å². The van der Waals surface area contributed by atoms with Crippen molar-refractivity contribution < 1.29 is 9.84 Å². The quantitative estimate of drug-likeness (QED) is 0.908. The highest BCUT2D eigenvalue weighted by molar-refractivity contribution is 5.88. The van der Waals surface area contributed by atoms with E-state index in [0.29, 0.717) is 24.6 Å². The molecule has 1 unspecified atom stereocenters. The number of ether oxygens (including phenoxy) is 1. The summed E-state index contributed by atoms with van der Waals surface area (Å²) in [5.74, 6) is 0.843. The van der Waals surface area contributed by atoms with Gasteiger partial charge < -0.3 is 14.8 Å². The number of nitrogens with zero attached hydrogens (tertiary/aromatic N) is 1. The van der Waals surface area contributed by atoms with Gasteiger partial charge in [-0.1, -0.05) is 12.1 Å². The van der Waals surface area contributed by atoms with Gasteiger partial charge in [-0.05, 0) is 36.0 Å². The summed E-state index contributed by atoms with van der Waals surface area (Å²) in [5.41, 5.74) is 4.11. The molecule has 3 atom stereocenters. The van der Waals surface area contributed by atoms with Crippen molar-refractivity contribution in [2.24, 2.45) is 5.92 Å². The summed E-state index contributed by atoms with van der Waals surface area (Å²) in [6, 6.07) is 7.05. The standard InChI is InChI=1S/C17H22N2O2/c1-21-10-19-8-11(9-20)5-14-13-3-2-4-15-17(13)12(7-18-15)6-16(14)19/h2-4,7,11,14,16,18,20H,5-6,8-10H2,1H3/t11-,14?,16-/m1/s1. The van der Waals surface area contributed by atoms with Gasteiger partial charge in [0, 0.05) is 49.3 Å². The average Bonchev–Trinajstić information content (AvgIpc) is 2.93. The first-order valence-electron chi connectivity index (χ1n) is 7.74. The Bertz CT molecular complexity index is 651. The van der Waals surface area contributed by atoms with Gasteiger partial charge in [0.1, 0.15) is 0 Å². The third-order valence-electron chi connectivity index (χ3n) is 5.21. The molecule has 2 N–H and O–H groups in total. The van der Waals surface area contributed by atoms with E-state index in [-0.39, 0.29) is 6.61 Å². The first-order valence-corrected chi connectivity index (χ1v) is 7.74. The number of H-pyrrole nitrogens is 1. The van der Waals surface area contributed by atoms with E-state index in [4.69, 9.17) is 4.74 Å². The van der Waals surface area contributed by atoms with Gasteiger partial charge in [0.2, 0.25) is 0 Å². The molecule has 0 saturated carbocycles. The molecule has 2 heterocycles. The number of hydrogen-bond acceptors (Lipinski definition) is 3. The van der Waals surface area contributed by atoms with Gasteiger partial charge in [-0.2, -0.15) is 0 Å². The number of nitrogens with one attached hydrogen (secondary N) is 1. The largest absolute Gasteiger partial charge is 0.396 e. The maximum Gasteiger partial charge on any atom is 0.0989 e. The van der Waals surface area contributed by atoms with Crippen molar-refractivity contribution in [1.29, 1.82) is 0 Å². The van der Waals surface area contributed by atoms with Crippen molar-refractivity contribution >= 4 is 10.9 Å². The van der Waals surface area contributed by atoms with Crippen LogP contribution in [-0.4, -0.2) is 48.0 Å². The zero-order valence-electron chi connectivity index (χ0n) is 12.4. The van der Waals surface area contributed by atoms with Crippen molar-refractivity contribution in [3.63, 3.8) is 0 Å². The number of methoxy groups -OCH3 is 1. The van der Waals surface area contributed by atoms with Gasteiger partial charge in [-0.25, -0.2) is 0 Å². The summed E-state index contributed by atoms with van der Waals surface area (Å²) in [4.78, 5) is 5.81. The van der Waals surface area contributed by atoms with Crippen LogP contribution in [0.3, 0.4) is 0 Å². The second-order valence-electron chi connectivity index (χ2n) is 6.44. The maximum atomic E-state index is 9.64. The molecule has 2 aromatic rings. The van der Waals surface area contributed by atoms with Crippen LogP contribution in [0.1, 0.15) is 23.5 Å². The van der Waals surface area contributed by atoms with E-state index in [1.165, 1.54) is 22.0 Å². The molecule has 21 heavy (non-hydrogen) atoms. The summed E-state index contributed by atoms with van der Waals surface area (Å²) in [6.45, 7) is 1.84. The van der Waals surface area contributed by atoms with Crippen molar-refractivity contribution in [2.75, 3.05) is 27.0 Å². The van der Waals surface area contributed by atoms with Crippen LogP contribution in [0.25, 0.3) is 10.9 Å². The van der Waals surface area contributed by atoms with Crippen molar-refractivity contribution in [3.05, 3.63) is 35.5 Å². The Morgan fingerprint density at radius 3 is 3.14 bits per heavy atom. The SMILES string of the molecule is COCN1C[C@H](CO)CC2c3cccc4[nH]cc(c34)C[C@H]21. The van der Waals surface area contributed by atoms with Crippen LogP contribution in [0.2, 0.25) is 0 Å². The lowest BCUT2D eigenvalue weighted by atomic mass is 9.72. The zero-order chi connectivity index (χ0) is 14.4. The van der Waals surface area contributed by atoms with Crippen LogP contribution in [0.4, 0.5) is 0 Å². The highest BCUT2D eigenvalue weighted by Gasteiger charge is 2.40. The fourth-order valence-corrected chi connectivity index (χ4v) is 4.35. The van der Waals surface area contributed by atoms with Gasteiger partial charge in [-0.15, -0.1) is 0 Å². The molecule has 0 bridgehead atoms. The number of benzene rings is 1. The number of rotatable bonds is 3. The Balaban J connectivity index is 1.79. The Kier molecular flexibility index (Phi) is 3.25. The molecule has 1 aliphatic carbocycles. The minimum Gasteiger partial charge on any atom is -0.396 e. The van der Waals surface area contributed by atoms with E-state index in [1.54, 1.807) is 7.11 Å². The highest BCUT2D eigenvalue weighted by atomic mass is 16.5. The first-order chi connectivity index (χ1) is 10.3. The predicted molar refractivity (Wildman–Crippen MR) is 82.3 cm³/mol. The van der Waals surface area contributed by atoms with Gasteiger partial charge in [0.25, 0.3) is 0 Å². The molecule has 1 aromatic heterocycles. The fourth-order valence-electron chi connectivity index (χ4n) is 4.35. The van der Waals surface area contributed by atoms with Crippen molar-refractivity contribution in [2.45, 2.75) is 24.8 Å². The lowest BCUT2D eigenvalue weighted by Crippen LogP contribution is -2.51. The Morgan fingerprint density at radius 1 is 1.43 bits per heavy atom. The molecule has 1 aliphatic heterocycles. The molecule has 0 amide bonds. The third kappa shape index (κ3) is 2.01. The normalized spacial score (nSPS) is 28.8. The molecule has 0 radical (unpaired) electrons. The zero-order valence-corrected chi connectivity index (χ0v) is 12.4. The minimum absolute atomic E-state index is 0.263. The van der Waals surface area contributed by atoms with E-state index in [9.17, 15) is 5.11 Å². The lowest BCUT2D eigenvalue weighted by Gasteiger charge is -2.46. The Morgan fingerprint density at radius 2 is 2.33 bits per heavy atom. The smallest absolute Gasteiger partial charge is 0.0989 e. The van der Waals surface area contributed by atoms with Crippen molar-refractivity contribution in [1.82, 2.24) is 9.88 Å². The second kappa shape index (κ2) is 5.13. The summed E-state index contributed by atoms with van der Waals surface area (Å²) >= 11 is 0. The van der Waals surface area contributed by atoms with Gasteiger partial charge in [0.05, 0.1) is 6.73 Å². The number of aromatic amines is 1. The Hall–Kier alpha value is -1.36. The van der Waals surface area contributed by atoms with Crippen LogP contribution in [-0.2, 0) is 11.2 Å². The van der Waals surface area contributed by atoms with Crippen molar-refractivity contribution in [3.8, 4) is 0 Å². The predicted octanol–water partition coefficient (Wildman–Crippen LogP) is 2.09. The molecule has 1 fully saturated rings. The molecular formula is C17H22N2O2. The maximum absolute atomic E-state index is 9.64. The fraction of sp³-hybridized carbons (Fsp3) is 0.529. The van der Waals surface area contributed by atoms with E-state index in [1.807, 2.05) is 0 Å². The van der Waals surface area contributed by atoms with E-state index < -0.39 is 0 Å². The number of piperidine rings is 1. The molecule has 4 rings (SSSR count). The second-order valence-corrected chi connectivity index (χ2v) is 6.44. The monoisotopic (exact) mass is 286 g/mol. The topological polar surface area (TPSA) is 48.5 Å². The molecule has 4 heteroatoms. The number of aliphatic hydroxyl groups excluding tert-OH is 1. The molecule has 0 spiro atoms. The summed E-state index contributed by atoms with van der Waals surface area (Å²) in [5, 5.41) is 11.1. The Labute approximate surface area is 124 Å². The first kappa shape index (κ1) is 13.3. The van der Waals surface area contributed by atoms with Gasteiger partial charge in [-0.3, -0.25) is 4.90 Å². The number of likely N-dealkylation sites (tertiary alicyclic amines) is 1. The van der Waals surface area contributed by atoms with Crippen LogP contribution in [0.5, 0.6) is 0 Å². The molecule has 1 saturated heterocycles. The number of hydrogen-bond donors (Lipinski definition) is 2. The highest BCUT2D eigenvalue weighted by Crippen LogP contribution is 2.44. The van der Waals surface area contributed by atoms with Crippen LogP contribution in [0.15, 0.2) is 24.4 Å². The summed E-state index contributed by atoms with van der Waals surface area (Å²) < 4.78 is 5.40. The van der Waals surface area contributed by atoms with Gasteiger partial charge in [0.15, 0.2) is 0 Å². The summed E-state index contributed by atoms with van der Waals surface area (Å²) in [6.07, 6.45) is 4.31. The lowest BCUT2D eigenvalue weighted by molar-refractivity contribution is -0.0217. The minimum atomic E-state index is 0.263. The average molecular weight is 286 g/mol. The number of fused-ring (bicyclic) bond motifs is 2. The number of aliphatic hydroxyl groups is 1. The van der Waals surface area contributed by atoms with Crippen LogP contribution in [0, 0.1) is 5.92 Å². The van der Waals surface area contributed by atoms with E-state index in [0.717, 1.165) is 19.4 Å². The number of aromatic nitrogens is 1. The van der Waals surface area contributed by atoms with E-state index in [2.05, 4.69) is 34.3 Å². The van der Waals surface area contributed by atoms with Crippen LogP contribution >= 0.6 is 0 Å². The van der Waals surface area contributed by atoms with Gasteiger partial charge >= 0.3 is 0 Å². The molecule has 4 nitrogen and oxygen atoms in total. The molecule has 2 aliphatic rings. The molecule has 112 valence electrons.